The Balaban J connectivity index is 2.40. The van der Waals surface area contributed by atoms with Crippen LogP contribution >= 0.6 is 0 Å². The maximum Gasteiger partial charge on any atom is -0.0230 e. The van der Waals surface area contributed by atoms with E-state index in [9.17, 15) is 0 Å². The van der Waals surface area contributed by atoms with Crippen molar-refractivity contribution < 1.29 is 0 Å². The quantitative estimate of drug-likeness (QED) is 0.583. The Kier molecular flexibility index (Phi) is 3.53. The van der Waals surface area contributed by atoms with Crippen molar-refractivity contribution in [2.45, 2.75) is 46.2 Å². The predicted octanol–water partition coefficient (Wildman–Crippen LogP) is 1.93. The lowest BCUT2D eigenvalue weighted by atomic mass is 10.2. The van der Waals surface area contributed by atoms with Crippen LogP contribution in [-0.4, -0.2) is 35.0 Å². The fourth-order valence-electron chi connectivity index (χ4n) is 1.52. The molecule has 0 bridgehead atoms. The van der Waals surface area contributed by atoms with Crippen molar-refractivity contribution in [2.75, 3.05) is 13.1 Å². The summed E-state index contributed by atoms with van der Waals surface area (Å²) in [6, 6.07) is 1.29. The summed E-state index contributed by atoms with van der Waals surface area (Å²) in [6.45, 7) is 13.7. The van der Waals surface area contributed by atoms with Gasteiger partial charge in [-0.3, -0.25) is 0 Å². The molecular formula is C10H21N2-. The molecule has 1 aliphatic heterocycles. The van der Waals surface area contributed by atoms with E-state index < -0.39 is 0 Å². The third-order valence-corrected chi connectivity index (χ3v) is 2.46. The highest BCUT2D eigenvalue weighted by Crippen LogP contribution is 2.15. The van der Waals surface area contributed by atoms with Crippen LogP contribution in [0.4, 0.5) is 0 Å². The molecule has 0 aromatic rings. The van der Waals surface area contributed by atoms with Gasteiger partial charge in [-0.15, -0.1) is 0 Å². The Morgan fingerprint density at radius 1 is 0.917 bits per heavy atom. The molecule has 0 N–H and O–H groups in total. The molecule has 1 saturated heterocycles. The molecule has 1 rings (SSSR count). The van der Waals surface area contributed by atoms with E-state index in [1.807, 2.05) is 0 Å². The first-order valence-corrected chi connectivity index (χ1v) is 4.97. The average Bonchev–Trinajstić information content (AvgIpc) is 2.04. The third kappa shape index (κ3) is 2.46. The molecule has 0 aromatic heterocycles. The first-order chi connectivity index (χ1) is 5.61. The van der Waals surface area contributed by atoms with Crippen LogP contribution in [0.5, 0.6) is 0 Å². The van der Waals surface area contributed by atoms with Crippen molar-refractivity contribution in [3.05, 3.63) is 6.67 Å². The van der Waals surface area contributed by atoms with Gasteiger partial charge in [-0.05, 0) is 31.6 Å². The van der Waals surface area contributed by atoms with Gasteiger partial charge in [0, 0.05) is 0 Å². The number of rotatable bonds is 2. The molecule has 1 fully saturated rings. The lowest BCUT2D eigenvalue weighted by Crippen LogP contribution is -2.45. The van der Waals surface area contributed by atoms with E-state index in [0.29, 0.717) is 12.1 Å². The Morgan fingerprint density at radius 3 is 1.67 bits per heavy atom. The van der Waals surface area contributed by atoms with E-state index in [2.05, 4.69) is 44.2 Å². The van der Waals surface area contributed by atoms with Crippen LogP contribution in [0.2, 0.25) is 0 Å². The molecule has 0 aliphatic carbocycles. The van der Waals surface area contributed by atoms with E-state index in [1.54, 1.807) is 0 Å². The highest BCUT2D eigenvalue weighted by molar-refractivity contribution is 4.81. The van der Waals surface area contributed by atoms with Crippen molar-refractivity contribution in [3.8, 4) is 0 Å². The van der Waals surface area contributed by atoms with Gasteiger partial charge < -0.3 is 9.80 Å². The zero-order chi connectivity index (χ0) is 9.14. The van der Waals surface area contributed by atoms with Crippen molar-refractivity contribution in [3.63, 3.8) is 0 Å². The fraction of sp³-hybridized carbons (Fsp3) is 0.900. The van der Waals surface area contributed by atoms with Gasteiger partial charge in [0.1, 0.15) is 0 Å². The summed E-state index contributed by atoms with van der Waals surface area (Å²) in [6.07, 6.45) is 1.30. The third-order valence-electron chi connectivity index (χ3n) is 2.46. The van der Waals surface area contributed by atoms with Crippen LogP contribution in [0.15, 0.2) is 0 Å². The minimum atomic E-state index is 0.645. The van der Waals surface area contributed by atoms with Gasteiger partial charge in [0.25, 0.3) is 0 Å². The molecule has 72 valence electrons. The Hall–Kier alpha value is -0.0800. The molecule has 2 heteroatoms. The summed E-state index contributed by atoms with van der Waals surface area (Å²) in [5, 5.41) is 0. The van der Waals surface area contributed by atoms with Gasteiger partial charge in [0.05, 0.1) is 0 Å². The topological polar surface area (TPSA) is 6.48 Å². The van der Waals surface area contributed by atoms with Crippen LogP contribution in [0.3, 0.4) is 0 Å². The van der Waals surface area contributed by atoms with Crippen LogP contribution in [0, 0.1) is 6.67 Å². The molecule has 0 atom stereocenters. The highest BCUT2D eigenvalue weighted by atomic mass is 15.3. The van der Waals surface area contributed by atoms with Crippen LogP contribution in [-0.2, 0) is 0 Å². The molecular weight excluding hydrogens is 148 g/mol. The normalized spacial score (nSPS) is 22.5. The first-order valence-electron chi connectivity index (χ1n) is 4.97. The summed E-state index contributed by atoms with van der Waals surface area (Å²) < 4.78 is 0. The van der Waals surface area contributed by atoms with Crippen molar-refractivity contribution in [2.24, 2.45) is 0 Å². The Labute approximate surface area is 76.5 Å². The highest BCUT2D eigenvalue weighted by Gasteiger charge is 2.11. The fourth-order valence-corrected chi connectivity index (χ4v) is 1.52. The number of hydrogen-bond donors (Lipinski definition) is 0. The second-order valence-electron chi connectivity index (χ2n) is 4.13. The maximum absolute atomic E-state index is 2.42. The molecule has 1 aliphatic rings. The molecule has 2 nitrogen and oxygen atoms in total. The Bertz CT molecular complexity index is 118. The van der Waals surface area contributed by atoms with Crippen LogP contribution in [0.1, 0.15) is 34.1 Å². The van der Waals surface area contributed by atoms with Crippen LogP contribution in [0.25, 0.3) is 0 Å². The van der Waals surface area contributed by atoms with Crippen LogP contribution < -0.4 is 0 Å². The molecule has 1 heterocycles. The maximum atomic E-state index is 2.42. The second kappa shape index (κ2) is 4.24. The molecule has 0 unspecified atom stereocenters. The molecule has 0 spiro atoms. The standard InChI is InChI=1S/C10H21N2/c1-9(2)11-6-5-7-12(8-11)10(3)4/h8-10H,5-7H2,1-4H3/q-1. The van der Waals surface area contributed by atoms with Crippen molar-refractivity contribution in [1.29, 1.82) is 0 Å². The monoisotopic (exact) mass is 169 g/mol. The SMILES string of the molecule is CC(C)N1[CH-]N(C(C)C)CCC1. The molecule has 0 saturated carbocycles. The summed E-state index contributed by atoms with van der Waals surface area (Å²) in [4.78, 5) is 4.84. The van der Waals surface area contributed by atoms with Gasteiger partial charge in [-0.1, -0.05) is 27.7 Å². The first kappa shape index (κ1) is 10.0. The minimum absolute atomic E-state index is 0.645. The van der Waals surface area contributed by atoms with Gasteiger partial charge in [-0.25, -0.2) is 6.67 Å². The molecule has 0 aromatic carbocycles. The number of nitrogens with zero attached hydrogens (tertiary/aromatic N) is 2. The van der Waals surface area contributed by atoms with Crippen molar-refractivity contribution >= 4 is 0 Å². The second-order valence-corrected chi connectivity index (χ2v) is 4.13. The van der Waals surface area contributed by atoms with E-state index in [-0.39, 0.29) is 0 Å². The average molecular weight is 169 g/mol. The van der Waals surface area contributed by atoms with Gasteiger partial charge in [0.15, 0.2) is 0 Å². The zero-order valence-electron chi connectivity index (χ0n) is 8.75. The van der Waals surface area contributed by atoms with E-state index >= 15 is 0 Å². The smallest absolute Gasteiger partial charge is 0.0230 e. The largest absolute Gasteiger partial charge is 0.440 e. The molecule has 0 amide bonds. The lowest BCUT2D eigenvalue weighted by molar-refractivity contribution is 0.100. The van der Waals surface area contributed by atoms with Gasteiger partial charge in [-0.2, -0.15) is 0 Å². The number of hydrogen-bond acceptors (Lipinski definition) is 2. The van der Waals surface area contributed by atoms with E-state index in [1.165, 1.54) is 19.5 Å². The van der Waals surface area contributed by atoms with E-state index in [0.717, 1.165) is 0 Å². The van der Waals surface area contributed by atoms with Gasteiger partial charge in [0.2, 0.25) is 0 Å². The van der Waals surface area contributed by atoms with Crippen molar-refractivity contribution in [1.82, 2.24) is 9.80 Å². The lowest BCUT2D eigenvalue weighted by Gasteiger charge is -2.51. The molecule has 12 heavy (non-hydrogen) atoms. The predicted molar refractivity (Wildman–Crippen MR) is 52.6 cm³/mol. The summed E-state index contributed by atoms with van der Waals surface area (Å²) >= 11 is 0. The van der Waals surface area contributed by atoms with Gasteiger partial charge >= 0.3 is 0 Å². The zero-order valence-corrected chi connectivity index (χ0v) is 8.75. The minimum Gasteiger partial charge on any atom is -0.440 e. The Morgan fingerprint density at radius 2 is 1.33 bits per heavy atom. The summed E-state index contributed by atoms with van der Waals surface area (Å²) in [7, 11) is 0. The molecule has 0 radical (unpaired) electrons. The summed E-state index contributed by atoms with van der Waals surface area (Å²) in [5.41, 5.74) is 0. The summed E-state index contributed by atoms with van der Waals surface area (Å²) in [5.74, 6) is 0. The van der Waals surface area contributed by atoms with E-state index in [4.69, 9.17) is 0 Å².